The predicted molar refractivity (Wildman–Crippen MR) is 58.6 cm³/mol. The fourth-order valence-corrected chi connectivity index (χ4v) is 2.04. The van der Waals surface area contributed by atoms with Crippen molar-refractivity contribution >= 4 is 0 Å². The molecule has 0 bridgehead atoms. The third kappa shape index (κ3) is 2.14. The minimum atomic E-state index is -0.167. The fourth-order valence-electron chi connectivity index (χ4n) is 2.04. The van der Waals surface area contributed by atoms with Crippen LogP contribution < -0.4 is 4.74 Å². The highest BCUT2D eigenvalue weighted by Crippen LogP contribution is 2.31. The number of hydrogen-bond donors (Lipinski definition) is 0. The van der Waals surface area contributed by atoms with E-state index in [1.165, 1.54) is 6.07 Å². The van der Waals surface area contributed by atoms with Gasteiger partial charge in [-0.2, -0.15) is 0 Å². The molecule has 82 valence electrons. The van der Waals surface area contributed by atoms with E-state index >= 15 is 0 Å². The molecule has 1 aliphatic heterocycles. The first-order valence-electron chi connectivity index (χ1n) is 5.65. The Balaban J connectivity index is 2.16. The molecule has 1 aliphatic rings. The zero-order chi connectivity index (χ0) is 10.8. The SMILES string of the molecule is CCC(C)[C@H]1CCc2cc(F)ccc2O1. The molecule has 1 nitrogen and oxygen atoms in total. The standard InChI is InChI=1S/C13H17FO/c1-3-9(2)12-6-4-10-8-11(14)5-7-13(10)15-12/h5,7-9,12H,3-4,6H2,1-2H3/t9?,12-/m1/s1. The Morgan fingerprint density at radius 3 is 3.07 bits per heavy atom. The number of benzene rings is 1. The van der Waals surface area contributed by atoms with Crippen molar-refractivity contribution in [1.29, 1.82) is 0 Å². The second-order valence-electron chi connectivity index (χ2n) is 4.33. The summed E-state index contributed by atoms with van der Waals surface area (Å²) in [5.41, 5.74) is 1.01. The predicted octanol–water partition coefficient (Wildman–Crippen LogP) is 3.57. The summed E-state index contributed by atoms with van der Waals surface area (Å²) in [5, 5.41) is 0. The van der Waals surface area contributed by atoms with E-state index in [1.807, 2.05) is 0 Å². The minimum Gasteiger partial charge on any atom is -0.490 e. The van der Waals surface area contributed by atoms with Gasteiger partial charge in [0.05, 0.1) is 0 Å². The highest BCUT2D eigenvalue weighted by Gasteiger charge is 2.23. The van der Waals surface area contributed by atoms with E-state index in [2.05, 4.69) is 13.8 Å². The highest BCUT2D eigenvalue weighted by atomic mass is 19.1. The molecule has 2 heteroatoms. The van der Waals surface area contributed by atoms with Gasteiger partial charge < -0.3 is 4.74 Å². The number of rotatable bonds is 2. The van der Waals surface area contributed by atoms with Crippen LogP contribution in [0.3, 0.4) is 0 Å². The van der Waals surface area contributed by atoms with E-state index in [-0.39, 0.29) is 5.82 Å². The summed E-state index contributed by atoms with van der Waals surface area (Å²) in [6.07, 6.45) is 3.36. The number of fused-ring (bicyclic) bond motifs is 1. The van der Waals surface area contributed by atoms with Crippen LogP contribution in [-0.2, 0) is 6.42 Å². The van der Waals surface area contributed by atoms with Crippen LogP contribution in [-0.4, -0.2) is 6.10 Å². The normalized spacial score (nSPS) is 21.7. The molecule has 2 atom stereocenters. The van der Waals surface area contributed by atoms with Crippen LogP contribution in [0.1, 0.15) is 32.3 Å². The molecule has 0 saturated carbocycles. The maximum absolute atomic E-state index is 13.0. The van der Waals surface area contributed by atoms with E-state index in [0.717, 1.165) is 30.6 Å². The average molecular weight is 208 g/mol. The van der Waals surface area contributed by atoms with Crippen molar-refractivity contribution in [2.45, 2.75) is 39.2 Å². The first kappa shape index (κ1) is 10.5. The third-order valence-corrected chi connectivity index (χ3v) is 3.28. The van der Waals surface area contributed by atoms with Crippen LogP contribution in [0.5, 0.6) is 5.75 Å². The van der Waals surface area contributed by atoms with E-state index in [4.69, 9.17) is 4.74 Å². The molecule has 0 spiro atoms. The van der Waals surface area contributed by atoms with Gasteiger partial charge in [-0.15, -0.1) is 0 Å². The first-order valence-corrected chi connectivity index (χ1v) is 5.65. The quantitative estimate of drug-likeness (QED) is 0.722. The lowest BCUT2D eigenvalue weighted by Crippen LogP contribution is -2.29. The van der Waals surface area contributed by atoms with Crippen molar-refractivity contribution in [2.24, 2.45) is 5.92 Å². The third-order valence-electron chi connectivity index (χ3n) is 3.28. The lowest BCUT2D eigenvalue weighted by Gasteiger charge is -2.29. The molecular weight excluding hydrogens is 191 g/mol. The molecule has 0 fully saturated rings. The molecule has 0 saturated heterocycles. The molecule has 0 aliphatic carbocycles. The molecule has 0 amide bonds. The molecule has 0 N–H and O–H groups in total. The van der Waals surface area contributed by atoms with Crippen molar-refractivity contribution in [3.63, 3.8) is 0 Å². The number of halogens is 1. The van der Waals surface area contributed by atoms with Gasteiger partial charge in [0.1, 0.15) is 17.7 Å². The Bertz CT molecular complexity index is 348. The van der Waals surface area contributed by atoms with Gasteiger partial charge in [0.2, 0.25) is 0 Å². The molecular formula is C13H17FO. The summed E-state index contributed by atoms with van der Waals surface area (Å²) in [6.45, 7) is 4.38. The minimum absolute atomic E-state index is 0.167. The fraction of sp³-hybridized carbons (Fsp3) is 0.538. The second kappa shape index (κ2) is 4.21. The molecule has 1 heterocycles. The smallest absolute Gasteiger partial charge is 0.123 e. The second-order valence-corrected chi connectivity index (χ2v) is 4.33. The van der Waals surface area contributed by atoms with Gasteiger partial charge in [-0.05, 0) is 42.5 Å². The number of ether oxygens (including phenoxy) is 1. The summed E-state index contributed by atoms with van der Waals surface area (Å²) < 4.78 is 18.8. The van der Waals surface area contributed by atoms with E-state index in [1.54, 1.807) is 12.1 Å². The summed E-state index contributed by atoms with van der Waals surface area (Å²) in [7, 11) is 0. The summed E-state index contributed by atoms with van der Waals surface area (Å²) in [6, 6.07) is 4.80. The Morgan fingerprint density at radius 1 is 1.53 bits per heavy atom. The van der Waals surface area contributed by atoms with E-state index < -0.39 is 0 Å². The first-order chi connectivity index (χ1) is 7.20. The van der Waals surface area contributed by atoms with Crippen LogP contribution in [0.4, 0.5) is 4.39 Å². The van der Waals surface area contributed by atoms with E-state index in [0.29, 0.717) is 12.0 Å². The van der Waals surface area contributed by atoms with Crippen LogP contribution in [0, 0.1) is 11.7 Å². The van der Waals surface area contributed by atoms with Crippen molar-refractivity contribution in [3.8, 4) is 5.75 Å². The van der Waals surface area contributed by atoms with Crippen LogP contribution in [0.2, 0.25) is 0 Å². The summed E-state index contributed by atoms with van der Waals surface area (Å²) in [4.78, 5) is 0. The molecule has 15 heavy (non-hydrogen) atoms. The van der Waals surface area contributed by atoms with Gasteiger partial charge in [-0.1, -0.05) is 20.3 Å². The summed E-state index contributed by atoms with van der Waals surface area (Å²) in [5.74, 6) is 1.27. The monoisotopic (exact) mass is 208 g/mol. The maximum atomic E-state index is 13.0. The van der Waals surface area contributed by atoms with Crippen LogP contribution >= 0.6 is 0 Å². The molecule has 1 aromatic carbocycles. The molecule has 2 rings (SSSR count). The Kier molecular flexibility index (Phi) is 2.94. The van der Waals surface area contributed by atoms with Crippen molar-refractivity contribution in [3.05, 3.63) is 29.6 Å². The number of aryl methyl sites for hydroxylation is 1. The topological polar surface area (TPSA) is 9.23 Å². The van der Waals surface area contributed by atoms with Crippen molar-refractivity contribution in [1.82, 2.24) is 0 Å². The van der Waals surface area contributed by atoms with Gasteiger partial charge in [-0.25, -0.2) is 4.39 Å². The van der Waals surface area contributed by atoms with Gasteiger partial charge in [-0.3, -0.25) is 0 Å². The summed E-state index contributed by atoms with van der Waals surface area (Å²) >= 11 is 0. The lowest BCUT2D eigenvalue weighted by atomic mass is 9.93. The van der Waals surface area contributed by atoms with Crippen LogP contribution in [0.25, 0.3) is 0 Å². The van der Waals surface area contributed by atoms with Gasteiger partial charge in [0, 0.05) is 0 Å². The highest BCUT2D eigenvalue weighted by molar-refractivity contribution is 5.35. The average Bonchev–Trinajstić information content (AvgIpc) is 2.27. The number of hydrogen-bond acceptors (Lipinski definition) is 1. The van der Waals surface area contributed by atoms with Gasteiger partial charge >= 0.3 is 0 Å². The van der Waals surface area contributed by atoms with Gasteiger partial charge in [0.15, 0.2) is 0 Å². The zero-order valence-corrected chi connectivity index (χ0v) is 9.29. The molecule has 0 aromatic heterocycles. The largest absolute Gasteiger partial charge is 0.490 e. The lowest BCUT2D eigenvalue weighted by molar-refractivity contribution is 0.116. The van der Waals surface area contributed by atoms with Crippen molar-refractivity contribution < 1.29 is 9.13 Å². The van der Waals surface area contributed by atoms with Crippen LogP contribution in [0.15, 0.2) is 18.2 Å². The zero-order valence-electron chi connectivity index (χ0n) is 9.29. The molecule has 1 aromatic rings. The maximum Gasteiger partial charge on any atom is 0.123 e. The van der Waals surface area contributed by atoms with E-state index in [9.17, 15) is 4.39 Å². The Labute approximate surface area is 90.3 Å². The van der Waals surface area contributed by atoms with Crippen molar-refractivity contribution in [2.75, 3.05) is 0 Å². The molecule has 0 radical (unpaired) electrons. The van der Waals surface area contributed by atoms with Gasteiger partial charge in [0.25, 0.3) is 0 Å². The Hall–Kier alpha value is -1.05. The molecule has 1 unspecified atom stereocenters. The Morgan fingerprint density at radius 2 is 2.33 bits per heavy atom.